The minimum atomic E-state index is 0.110. The molecule has 12 heavy (non-hydrogen) atoms. The van der Waals surface area contributed by atoms with Crippen molar-refractivity contribution in [1.82, 2.24) is 4.90 Å². The van der Waals surface area contributed by atoms with Gasteiger partial charge < -0.3 is 15.7 Å². The zero-order valence-corrected chi connectivity index (χ0v) is 8.45. The maximum atomic E-state index is 8.63. The molecule has 0 aliphatic carbocycles. The topological polar surface area (TPSA) is 49.5 Å². The van der Waals surface area contributed by atoms with E-state index in [0.717, 1.165) is 13.1 Å². The minimum Gasteiger partial charge on any atom is -0.396 e. The number of aliphatic hydroxyl groups is 1. The molecule has 0 aromatic rings. The SMILES string of the molecule is CC(C)CN(C)CC(N)CCO. The first kappa shape index (κ1) is 11.9. The van der Waals surface area contributed by atoms with Crippen LogP contribution in [0.15, 0.2) is 0 Å². The Hall–Kier alpha value is -0.120. The van der Waals surface area contributed by atoms with E-state index in [2.05, 4.69) is 25.8 Å². The van der Waals surface area contributed by atoms with E-state index in [1.807, 2.05) is 0 Å². The molecule has 0 aliphatic rings. The van der Waals surface area contributed by atoms with Crippen molar-refractivity contribution >= 4 is 0 Å². The Morgan fingerprint density at radius 1 is 1.33 bits per heavy atom. The van der Waals surface area contributed by atoms with Gasteiger partial charge in [-0.3, -0.25) is 0 Å². The first-order chi connectivity index (χ1) is 5.56. The van der Waals surface area contributed by atoms with Crippen molar-refractivity contribution in [3.8, 4) is 0 Å². The predicted octanol–water partition coefficient (Wildman–Crippen LogP) is 0.284. The maximum Gasteiger partial charge on any atom is 0.0446 e. The van der Waals surface area contributed by atoms with Crippen LogP contribution in [0.1, 0.15) is 20.3 Å². The van der Waals surface area contributed by atoms with Gasteiger partial charge in [-0.25, -0.2) is 0 Å². The summed E-state index contributed by atoms with van der Waals surface area (Å²) in [6.45, 7) is 6.51. The van der Waals surface area contributed by atoms with Crippen LogP contribution < -0.4 is 5.73 Å². The smallest absolute Gasteiger partial charge is 0.0446 e. The van der Waals surface area contributed by atoms with Gasteiger partial charge >= 0.3 is 0 Å². The molecule has 0 spiro atoms. The number of nitrogens with two attached hydrogens (primary N) is 1. The van der Waals surface area contributed by atoms with Crippen LogP contribution in [0.5, 0.6) is 0 Å². The molecule has 1 unspecified atom stereocenters. The molecule has 1 atom stereocenters. The Bertz CT molecular complexity index is 107. The van der Waals surface area contributed by atoms with Crippen LogP contribution in [0.2, 0.25) is 0 Å². The number of hydrogen-bond acceptors (Lipinski definition) is 3. The summed E-state index contributed by atoms with van der Waals surface area (Å²) < 4.78 is 0. The summed E-state index contributed by atoms with van der Waals surface area (Å²) in [5, 5.41) is 8.63. The predicted molar refractivity (Wildman–Crippen MR) is 52.0 cm³/mol. The Kier molecular flexibility index (Phi) is 6.34. The van der Waals surface area contributed by atoms with Crippen LogP contribution in [-0.2, 0) is 0 Å². The summed E-state index contributed by atoms with van der Waals surface area (Å²) in [4.78, 5) is 2.21. The number of aliphatic hydroxyl groups excluding tert-OH is 1. The highest BCUT2D eigenvalue weighted by atomic mass is 16.3. The van der Waals surface area contributed by atoms with Crippen LogP contribution in [0, 0.1) is 5.92 Å². The fraction of sp³-hybridized carbons (Fsp3) is 1.00. The second-order valence-electron chi connectivity index (χ2n) is 3.89. The molecular weight excluding hydrogens is 152 g/mol. The highest BCUT2D eigenvalue weighted by Gasteiger charge is 2.06. The van der Waals surface area contributed by atoms with Gasteiger partial charge in [0, 0.05) is 25.7 Å². The van der Waals surface area contributed by atoms with Gasteiger partial charge in [0.15, 0.2) is 0 Å². The molecule has 0 rings (SSSR count). The van der Waals surface area contributed by atoms with Crippen LogP contribution in [0.4, 0.5) is 0 Å². The first-order valence-corrected chi connectivity index (χ1v) is 4.61. The fourth-order valence-corrected chi connectivity index (χ4v) is 1.36. The maximum absolute atomic E-state index is 8.63. The van der Waals surface area contributed by atoms with E-state index in [4.69, 9.17) is 10.8 Å². The van der Waals surface area contributed by atoms with Gasteiger partial charge in [-0.1, -0.05) is 13.8 Å². The Morgan fingerprint density at radius 3 is 2.33 bits per heavy atom. The lowest BCUT2D eigenvalue weighted by atomic mass is 10.2. The lowest BCUT2D eigenvalue weighted by Gasteiger charge is -2.22. The second kappa shape index (κ2) is 6.40. The van der Waals surface area contributed by atoms with Gasteiger partial charge in [0.05, 0.1) is 0 Å². The molecular formula is C9H22N2O. The number of nitrogens with zero attached hydrogens (tertiary/aromatic N) is 1. The van der Waals surface area contributed by atoms with Crippen molar-refractivity contribution < 1.29 is 5.11 Å². The highest BCUT2D eigenvalue weighted by molar-refractivity contribution is 4.66. The second-order valence-corrected chi connectivity index (χ2v) is 3.89. The average molecular weight is 174 g/mol. The summed E-state index contributed by atoms with van der Waals surface area (Å²) in [5.74, 6) is 0.677. The fourth-order valence-electron chi connectivity index (χ4n) is 1.36. The number of hydrogen-bond donors (Lipinski definition) is 2. The van der Waals surface area contributed by atoms with E-state index < -0.39 is 0 Å². The molecule has 0 heterocycles. The third-order valence-corrected chi connectivity index (χ3v) is 1.72. The molecule has 0 aromatic carbocycles. The summed E-state index contributed by atoms with van der Waals surface area (Å²) in [6, 6.07) is 0.110. The van der Waals surface area contributed by atoms with Crippen LogP contribution in [0.3, 0.4) is 0 Å². The van der Waals surface area contributed by atoms with Crippen molar-refractivity contribution in [1.29, 1.82) is 0 Å². The van der Waals surface area contributed by atoms with E-state index in [0.29, 0.717) is 12.3 Å². The summed E-state index contributed by atoms with van der Waals surface area (Å²) in [5.41, 5.74) is 5.76. The quantitative estimate of drug-likeness (QED) is 0.608. The van der Waals surface area contributed by atoms with Crippen LogP contribution in [-0.4, -0.2) is 42.8 Å². The summed E-state index contributed by atoms with van der Waals surface area (Å²) in [6.07, 6.45) is 0.697. The first-order valence-electron chi connectivity index (χ1n) is 4.61. The van der Waals surface area contributed by atoms with Crippen molar-refractivity contribution in [3.63, 3.8) is 0 Å². The van der Waals surface area contributed by atoms with E-state index >= 15 is 0 Å². The largest absolute Gasteiger partial charge is 0.396 e. The molecule has 74 valence electrons. The van der Waals surface area contributed by atoms with Crippen LogP contribution >= 0.6 is 0 Å². The molecule has 0 saturated carbocycles. The van der Waals surface area contributed by atoms with Gasteiger partial charge in [0.1, 0.15) is 0 Å². The van der Waals surface area contributed by atoms with E-state index in [1.165, 1.54) is 0 Å². The zero-order chi connectivity index (χ0) is 9.56. The molecule has 0 fully saturated rings. The van der Waals surface area contributed by atoms with Gasteiger partial charge in [-0.15, -0.1) is 0 Å². The van der Waals surface area contributed by atoms with Crippen molar-refractivity contribution in [2.75, 3.05) is 26.7 Å². The summed E-state index contributed by atoms with van der Waals surface area (Å²) >= 11 is 0. The lowest BCUT2D eigenvalue weighted by Crippen LogP contribution is -2.37. The van der Waals surface area contributed by atoms with Gasteiger partial charge in [0.2, 0.25) is 0 Å². The normalized spacial score (nSPS) is 14.2. The van der Waals surface area contributed by atoms with Crippen LogP contribution in [0.25, 0.3) is 0 Å². The molecule has 0 radical (unpaired) electrons. The molecule has 0 aromatic heterocycles. The molecule has 0 saturated heterocycles. The van der Waals surface area contributed by atoms with Crippen molar-refractivity contribution in [3.05, 3.63) is 0 Å². The molecule has 0 amide bonds. The number of rotatable bonds is 6. The Morgan fingerprint density at radius 2 is 1.92 bits per heavy atom. The molecule has 3 N–H and O–H groups in total. The molecule has 3 nitrogen and oxygen atoms in total. The van der Waals surface area contributed by atoms with Gasteiger partial charge in [0.25, 0.3) is 0 Å². The standard InChI is InChI=1S/C9H22N2O/c1-8(2)6-11(3)7-9(10)4-5-12/h8-9,12H,4-7,10H2,1-3H3. The molecule has 0 aliphatic heterocycles. The van der Waals surface area contributed by atoms with Crippen molar-refractivity contribution in [2.24, 2.45) is 11.7 Å². The Balaban J connectivity index is 3.46. The minimum absolute atomic E-state index is 0.110. The van der Waals surface area contributed by atoms with E-state index in [1.54, 1.807) is 0 Å². The highest BCUT2D eigenvalue weighted by Crippen LogP contribution is 1.97. The monoisotopic (exact) mass is 174 g/mol. The van der Waals surface area contributed by atoms with E-state index in [9.17, 15) is 0 Å². The lowest BCUT2D eigenvalue weighted by molar-refractivity contribution is 0.236. The Labute approximate surface area is 75.6 Å². The van der Waals surface area contributed by atoms with Crippen molar-refractivity contribution in [2.45, 2.75) is 26.3 Å². The average Bonchev–Trinajstić information content (AvgIpc) is 1.84. The number of likely N-dealkylation sites (N-methyl/N-ethyl adjacent to an activating group) is 1. The third-order valence-electron chi connectivity index (χ3n) is 1.72. The van der Waals surface area contributed by atoms with E-state index in [-0.39, 0.29) is 12.6 Å². The molecule has 0 bridgehead atoms. The summed E-state index contributed by atoms with van der Waals surface area (Å²) in [7, 11) is 2.07. The molecule has 3 heteroatoms. The third kappa shape index (κ3) is 6.58. The zero-order valence-electron chi connectivity index (χ0n) is 8.45. The van der Waals surface area contributed by atoms with Gasteiger partial charge in [-0.2, -0.15) is 0 Å². The van der Waals surface area contributed by atoms with Gasteiger partial charge in [-0.05, 0) is 19.4 Å².